The molecule has 11 heteroatoms. The molecule has 3 heterocycles. The number of piperidine rings is 1. The lowest BCUT2D eigenvalue weighted by Gasteiger charge is -2.32. The number of amides is 3. The molecular weight excluding hydrogens is 573 g/mol. The number of carbonyl (C=O) groups is 2. The third kappa shape index (κ3) is 4.74. The number of likely N-dealkylation sites (tertiary alicyclic amines) is 1. The van der Waals surface area contributed by atoms with Gasteiger partial charge in [-0.2, -0.15) is 5.10 Å². The van der Waals surface area contributed by atoms with Gasteiger partial charge in [-0.25, -0.2) is 14.3 Å². The number of fused-ring (bicyclic) bond motifs is 1. The molecule has 36 heavy (non-hydrogen) atoms. The normalized spacial score (nSPS) is 14.2. The number of rotatable bonds is 5. The van der Waals surface area contributed by atoms with Crippen LogP contribution in [0.15, 0.2) is 59.7 Å². The fraction of sp³-hybridized carbons (Fsp3) is 0.280. The first-order chi connectivity index (χ1) is 17.4. The molecule has 0 atom stereocenters. The number of nitrogens with zero attached hydrogens (tertiary/aromatic N) is 4. The van der Waals surface area contributed by atoms with Crippen LogP contribution in [0.1, 0.15) is 36.2 Å². The number of aromatic amines is 1. The van der Waals surface area contributed by atoms with Crippen molar-refractivity contribution < 1.29 is 9.59 Å². The van der Waals surface area contributed by atoms with Gasteiger partial charge in [0.1, 0.15) is 0 Å². The summed E-state index contributed by atoms with van der Waals surface area (Å²) in [4.78, 5) is 42.7. The van der Waals surface area contributed by atoms with E-state index in [0.29, 0.717) is 49.2 Å². The minimum absolute atomic E-state index is 0.0348. The predicted molar refractivity (Wildman–Crippen MR) is 146 cm³/mol. The summed E-state index contributed by atoms with van der Waals surface area (Å²) < 4.78 is 4.49. The molecule has 0 aliphatic carbocycles. The number of anilines is 1. The van der Waals surface area contributed by atoms with Crippen LogP contribution < -0.4 is 16.3 Å². The van der Waals surface area contributed by atoms with Gasteiger partial charge in [0.25, 0.3) is 5.91 Å². The number of imidazole rings is 1. The number of benzene rings is 2. The Morgan fingerprint density at radius 3 is 2.61 bits per heavy atom. The first kappa shape index (κ1) is 24.1. The summed E-state index contributed by atoms with van der Waals surface area (Å²) in [5.41, 5.74) is 3.13. The topological polar surface area (TPSA) is 117 Å². The van der Waals surface area contributed by atoms with Crippen LogP contribution in [-0.2, 0) is 0 Å². The van der Waals surface area contributed by atoms with Gasteiger partial charge >= 0.3 is 11.7 Å². The van der Waals surface area contributed by atoms with E-state index in [4.69, 9.17) is 0 Å². The highest BCUT2D eigenvalue weighted by Crippen LogP contribution is 2.27. The number of H-pyrrole nitrogens is 1. The van der Waals surface area contributed by atoms with Crippen LogP contribution in [0.2, 0.25) is 0 Å². The zero-order valence-electron chi connectivity index (χ0n) is 19.7. The van der Waals surface area contributed by atoms with E-state index in [0.717, 1.165) is 14.8 Å². The minimum atomic E-state index is -0.199. The van der Waals surface area contributed by atoms with Gasteiger partial charge < -0.3 is 20.5 Å². The van der Waals surface area contributed by atoms with E-state index in [2.05, 4.69) is 43.3 Å². The first-order valence-corrected chi connectivity index (χ1v) is 12.9. The maximum Gasteiger partial charge on any atom is 0.326 e. The lowest BCUT2D eigenvalue weighted by atomic mass is 10.0. The number of carbonyl (C=O) groups excluding carboxylic acids is 2. The second kappa shape index (κ2) is 10.2. The van der Waals surface area contributed by atoms with Crippen molar-refractivity contribution in [3.63, 3.8) is 0 Å². The zero-order chi connectivity index (χ0) is 25.2. The smallest absolute Gasteiger partial charge is 0.326 e. The average Bonchev–Trinajstić information content (AvgIpc) is 3.50. The molecule has 0 bridgehead atoms. The van der Waals surface area contributed by atoms with Gasteiger partial charge in [0, 0.05) is 41.1 Å². The molecule has 186 valence electrons. The van der Waals surface area contributed by atoms with Gasteiger partial charge in [-0.1, -0.05) is 6.07 Å². The van der Waals surface area contributed by atoms with Crippen LogP contribution in [-0.4, -0.2) is 55.8 Å². The Balaban J connectivity index is 1.33. The summed E-state index contributed by atoms with van der Waals surface area (Å²) in [6.45, 7) is 3.49. The molecule has 0 radical (unpaired) electrons. The Hall–Kier alpha value is -3.61. The van der Waals surface area contributed by atoms with Gasteiger partial charge in [-0.15, -0.1) is 0 Å². The molecular formula is C25H26IN7O3. The van der Waals surface area contributed by atoms with Crippen molar-refractivity contribution in [2.45, 2.75) is 25.8 Å². The molecule has 1 aliphatic rings. The molecule has 0 saturated carbocycles. The highest BCUT2D eigenvalue weighted by Gasteiger charge is 2.27. The summed E-state index contributed by atoms with van der Waals surface area (Å²) in [6, 6.07) is 13.1. The van der Waals surface area contributed by atoms with Crippen LogP contribution in [0.25, 0.3) is 16.7 Å². The predicted octanol–water partition coefficient (Wildman–Crippen LogP) is 3.74. The largest absolute Gasteiger partial charge is 0.352 e. The maximum absolute atomic E-state index is 13.0. The lowest BCUT2D eigenvalue weighted by molar-refractivity contribution is 0.0955. The van der Waals surface area contributed by atoms with Crippen molar-refractivity contribution in [2.75, 3.05) is 25.0 Å². The number of aromatic nitrogens is 4. The molecule has 1 aliphatic heterocycles. The van der Waals surface area contributed by atoms with Crippen LogP contribution in [0.3, 0.4) is 0 Å². The van der Waals surface area contributed by atoms with E-state index >= 15 is 0 Å². The molecule has 3 N–H and O–H groups in total. The van der Waals surface area contributed by atoms with E-state index in [1.165, 1.54) is 6.20 Å². The Morgan fingerprint density at radius 1 is 1.14 bits per heavy atom. The fourth-order valence-electron chi connectivity index (χ4n) is 4.58. The minimum Gasteiger partial charge on any atom is -0.352 e. The molecule has 1 saturated heterocycles. The van der Waals surface area contributed by atoms with Gasteiger partial charge in [-0.3, -0.25) is 9.36 Å². The van der Waals surface area contributed by atoms with E-state index in [1.807, 2.05) is 49.4 Å². The summed E-state index contributed by atoms with van der Waals surface area (Å²) in [6.07, 6.45) is 4.50. The van der Waals surface area contributed by atoms with Gasteiger partial charge in [0.2, 0.25) is 0 Å². The number of hydrogen-bond donors (Lipinski definition) is 3. The summed E-state index contributed by atoms with van der Waals surface area (Å²) in [7, 11) is 0. The Kier molecular flexibility index (Phi) is 6.81. The van der Waals surface area contributed by atoms with E-state index < -0.39 is 0 Å². The average molecular weight is 599 g/mol. The number of nitrogens with one attached hydrogen (secondary N) is 3. The highest BCUT2D eigenvalue weighted by molar-refractivity contribution is 14.1. The van der Waals surface area contributed by atoms with Crippen LogP contribution in [0, 0.1) is 3.57 Å². The molecule has 5 rings (SSSR count). The van der Waals surface area contributed by atoms with Crippen molar-refractivity contribution in [1.29, 1.82) is 0 Å². The van der Waals surface area contributed by atoms with Crippen molar-refractivity contribution >= 4 is 51.2 Å². The van der Waals surface area contributed by atoms with Crippen LogP contribution >= 0.6 is 22.6 Å². The molecule has 2 aromatic heterocycles. The fourth-order valence-corrected chi connectivity index (χ4v) is 4.94. The van der Waals surface area contributed by atoms with E-state index in [9.17, 15) is 14.4 Å². The molecule has 10 nitrogen and oxygen atoms in total. The third-order valence-corrected chi connectivity index (χ3v) is 7.09. The standard InChI is InChI=1S/C25H26IN7O3/c1-2-27-23(34)16-14-28-32(15-16)20-4-3-5-21-22(20)30-25(36)33(21)19-10-12-31(13-11-19)24(35)29-18-8-6-17(26)7-9-18/h3-9,14-15,19H,2,10-13H2,1H3,(H,27,34)(H,29,35)(H,30,36). The Labute approximate surface area is 220 Å². The lowest BCUT2D eigenvalue weighted by Crippen LogP contribution is -2.42. The number of urea groups is 1. The number of halogens is 1. The molecule has 0 unspecified atom stereocenters. The zero-order valence-corrected chi connectivity index (χ0v) is 21.9. The SMILES string of the molecule is CCNC(=O)c1cnn(-c2cccc3c2[nH]c(=O)n3C2CCN(C(=O)Nc3ccc(I)cc3)CC2)c1. The van der Waals surface area contributed by atoms with Crippen molar-refractivity contribution in [1.82, 2.24) is 29.5 Å². The van der Waals surface area contributed by atoms with Crippen molar-refractivity contribution in [3.8, 4) is 5.69 Å². The quantitative estimate of drug-likeness (QED) is 0.303. The van der Waals surface area contributed by atoms with E-state index in [-0.39, 0.29) is 23.7 Å². The second-order valence-electron chi connectivity index (χ2n) is 8.66. The van der Waals surface area contributed by atoms with Crippen molar-refractivity contribution in [3.05, 3.63) is 74.5 Å². The number of hydrogen-bond acceptors (Lipinski definition) is 4. The maximum atomic E-state index is 13.0. The molecule has 0 spiro atoms. The Bertz CT molecular complexity index is 1460. The molecule has 2 aromatic carbocycles. The number of para-hydroxylation sites is 1. The van der Waals surface area contributed by atoms with Crippen LogP contribution in [0.4, 0.5) is 10.5 Å². The summed E-state index contributed by atoms with van der Waals surface area (Å²) in [5, 5.41) is 10.0. The van der Waals surface area contributed by atoms with Crippen molar-refractivity contribution in [2.24, 2.45) is 0 Å². The molecule has 4 aromatic rings. The highest BCUT2D eigenvalue weighted by atomic mass is 127. The third-order valence-electron chi connectivity index (χ3n) is 6.37. The second-order valence-corrected chi connectivity index (χ2v) is 9.91. The Morgan fingerprint density at radius 2 is 1.89 bits per heavy atom. The monoisotopic (exact) mass is 599 g/mol. The van der Waals surface area contributed by atoms with Gasteiger partial charge in [-0.05, 0) is 78.8 Å². The molecule has 3 amide bonds. The summed E-state index contributed by atoms with van der Waals surface area (Å²) in [5.74, 6) is -0.195. The first-order valence-electron chi connectivity index (χ1n) is 11.8. The van der Waals surface area contributed by atoms with Gasteiger partial charge in [0.05, 0.1) is 28.5 Å². The van der Waals surface area contributed by atoms with Crippen LogP contribution in [0.5, 0.6) is 0 Å². The summed E-state index contributed by atoms with van der Waals surface area (Å²) >= 11 is 2.23. The van der Waals surface area contributed by atoms with E-state index in [1.54, 1.807) is 20.3 Å². The van der Waals surface area contributed by atoms with Gasteiger partial charge in [0.15, 0.2) is 0 Å². The molecule has 1 fully saturated rings.